The molecule has 0 spiro atoms. The lowest BCUT2D eigenvalue weighted by Crippen LogP contribution is -2.17. The van der Waals surface area contributed by atoms with Crippen molar-refractivity contribution in [2.24, 2.45) is 5.73 Å². The smallest absolute Gasteiger partial charge is 0.137 e. The SMILES string of the molecule is CC(N)Cc1ccc(Sc2ccccc2F)cc1. The van der Waals surface area contributed by atoms with Crippen molar-refractivity contribution < 1.29 is 4.39 Å². The Balaban J connectivity index is 2.09. The van der Waals surface area contributed by atoms with Crippen molar-refractivity contribution in [1.29, 1.82) is 0 Å². The van der Waals surface area contributed by atoms with Crippen LogP contribution in [0.5, 0.6) is 0 Å². The fourth-order valence-corrected chi connectivity index (χ4v) is 2.56. The summed E-state index contributed by atoms with van der Waals surface area (Å²) in [6.45, 7) is 1.99. The molecular formula is C15H16FNS. The maximum Gasteiger partial charge on any atom is 0.137 e. The molecule has 0 aliphatic rings. The maximum absolute atomic E-state index is 13.5. The van der Waals surface area contributed by atoms with E-state index in [1.54, 1.807) is 12.1 Å². The third-order valence-electron chi connectivity index (χ3n) is 2.55. The highest BCUT2D eigenvalue weighted by molar-refractivity contribution is 7.99. The van der Waals surface area contributed by atoms with Crippen LogP contribution in [0.4, 0.5) is 4.39 Å². The molecule has 18 heavy (non-hydrogen) atoms. The average molecular weight is 261 g/mol. The van der Waals surface area contributed by atoms with Crippen LogP contribution in [-0.4, -0.2) is 6.04 Å². The third kappa shape index (κ3) is 3.59. The predicted molar refractivity (Wildman–Crippen MR) is 74.3 cm³/mol. The summed E-state index contributed by atoms with van der Waals surface area (Å²) in [5.74, 6) is -0.179. The van der Waals surface area contributed by atoms with Crippen molar-refractivity contribution in [1.82, 2.24) is 0 Å². The molecule has 0 saturated carbocycles. The normalized spacial score (nSPS) is 12.4. The quantitative estimate of drug-likeness (QED) is 0.904. The molecule has 0 saturated heterocycles. The van der Waals surface area contributed by atoms with E-state index in [-0.39, 0.29) is 11.9 Å². The second-order valence-corrected chi connectivity index (χ2v) is 5.47. The average Bonchev–Trinajstić information content (AvgIpc) is 2.34. The Morgan fingerprint density at radius 1 is 1.11 bits per heavy atom. The van der Waals surface area contributed by atoms with Crippen molar-refractivity contribution in [3.8, 4) is 0 Å². The molecule has 0 aromatic heterocycles. The first-order valence-electron chi connectivity index (χ1n) is 5.92. The highest BCUT2D eigenvalue weighted by Gasteiger charge is 2.03. The van der Waals surface area contributed by atoms with E-state index >= 15 is 0 Å². The van der Waals surface area contributed by atoms with Gasteiger partial charge in [0.15, 0.2) is 0 Å². The number of nitrogens with two attached hydrogens (primary N) is 1. The highest BCUT2D eigenvalue weighted by atomic mass is 32.2. The van der Waals surface area contributed by atoms with Crippen LogP contribution in [0, 0.1) is 5.82 Å². The lowest BCUT2D eigenvalue weighted by molar-refractivity contribution is 0.602. The Kier molecular flexibility index (Phi) is 4.39. The molecule has 0 heterocycles. The molecule has 2 N–H and O–H groups in total. The first-order valence-corrected chi connectivity index (χ1v) is 6.73. The van der Waals surface area contributed by atoms with E-state index in [1.165, 1.54) is 23.4 Å². The molecule has 3 heteroatoms. The minimum Gasteiger partial charge on any atom is -0.328 e. The van der Waals surface area contributed by atoms with Gasteiger partial charge >= 0.3 is 0 Å². The lowest BCUT2D eigenvalue weighted by atomic mass is 10.1. The van der Waals surface area contributed by atoms with Crippen LogP contribution in [0.1, 0.15) is 12.5 Å². The van der Waals surface area contributed by atoms with Crippen molar-refractivity contribution >= 4 is 11.8 Å². The Bertz CT molecular complexity index is 508. The molecule has 1 nitrogen and oxygen atoms in total. The monoisotopic (exact) mass is 261 g/mol. The number of hydrogen-bond donors (Lipinski definition) is 1. The van der Waals surface area contributed by atoms with Crippen LogP contribution < -0.4 is 5.73 Å². The first-order chi connectivity index (χ1) is 8.65. The van der Waals surface area contributed by atoms with Crippen LogP contribution in [0.25, 0.3) is 0 Å². The molecule has 0 aliphatic carbocycles. The Labute approximate surface area is 111 Å². The summed E-state index contributed by atoms with van der Waals surface area (Å²) in [7, 11) is 0. The van der Waals surface area contributed by atoms with E-state index in [1.807, 2.05) is 37.3 Å². The molecule has 0 radical (unpaired) electrons. The summed E-state index contributed by atoms with van der Waals surface area (Å²) in [5, 5.41) is 0. The lowest BCUT2D eigenvalue weighted by Gasteiger charge is -2.07. The number of rotatable bonds is 4. The molecule has 1 unspecified atom stereocenters. The van der Waals surface area contributed by atoms with Gasteiger partial charge in [-0.3, -0.25) is 0 Å². The molecule has 1 atom stereocenters. The van der Waals surface area contributed by atoms with Gasteiger partial charge in [-0.2, -0.15) is 0 Å². The third-order valence-corrected chi connectivity index (χ3v) is 3.60. The summed E-state index contributed by atoms with van der Waals surface area (Å²) in [6.07, 6.45) is 0.866. The summed E-state index contributed by atoms with van der Waals surface area (Å²) in [5.41, 5.74) is 6.96. The zero-order valence-corrected chi connectivity index (χ0v) is 11.1. The van der Waals surface area contributed by atoms with E-state index in [4.69, 9.17) is 5.73 Å². The predicted octanol–water partition coefficient (Wildman–Crippen LogP) is 3.87. The van der Waals surface area contributed by atoms with Crippen LogP contribution in [0.2, 0.25) is 0 Å². The molecule has 0 bridgehead atoms. The van der Waals surface area contributed by atoms with Crippen LogP contribution >= 0.6 is 11.8 Å². The zero-order valence-electron chi connectivity index (χ0n) is 10.3. The van der Waals surface area contributed by atoms with Gasteiger partial charge in [-0.25, -0.2) is 4.39 Å². The maximum atomic E-state index is 13.5. The van der Waals surface area contributed by atoms with Gasteiger partial charge < -0.3 is 5.73 Å². The summed E-state index contributed by atoms with van der Waals surface area (Å²) in [4.78, 5) is 1.69. The molecule has 0 fully saturated rings. The Morgan fingerprint density at radius 2 is 1.78 bits per heavy atom. The Hall–Kier alpha value is -1.32. The topological polar surface area (TPSA) is 26.0 Å². The Morgan fingerprint density at radius 3 is 2.39 bits per heavy atom. The van der Waals surface area contributed by atoms with Crippen molar-refractivity contribution in [3.63, 3.8) is 0 Å². The first kappa shape index (κ1) is 13.1. The summed E-state index contributed by atoms with van der Waals surface area (Å²) >= 11 is 1.44. The summed E-state index contributed by atoms with van der Waals surface area (Å²) < 4.78 is 13.5. The van der Waals surface area contributed by atoms with Crippen molar-refractivity contribution in [3.05, 3.63) is 59.9 Å². The highest BCUT2D eigenvalue weighted by Crippen LogP contribution is 2.29. The van der Waals surface area contributed by atoms with Gasteiger partial charge in [0, 0.05) is 15.8 Å². The van der Waals surface area contributed by atoms with Crippen molar-refractivity contribution in [2.75, 3.05) is 0 Å². The molecule has 0 amide bonds. The minimum atomic E-state index is -0.179. The van der Waals surface area contributed by atoms with E-state index < -0.39 is 0 Å². The van der Waals surface area contributed by atoms with Crippen LogP contribution in [0.15, 0.2) is 58.3 Å². The van der Waals surface area contributed by atoms with E-state index in [0.717, 1.165) is 11.3 Å². The van der Waals surface area contributed by atoms with Gasteiger partial charge in [0.1, 0.15) is 5.82 Å². The summed E-state index contributed by atoms with van der Waals surface area (Å²) in [6, 6.07) is 15.1. The largest absolute Gasteiger partial charge is 0.328 e. The fraction of sp³-hybridized carbons (Fsp3) is 0.200. The molecule has 2 aromatic rings. The van der Waals surface area contributed by atoms with Crippen molar-refractivity contribution in [2.45, 2.75) is 29.2 Å². The second-order valence-electron chi connectivity index (χ2n) is 4.36. The van der Waals surface area contributed by atoms with E-state index in [2.05, 4.69) is 0 Å². The molecule has 2 aromatic carbocycles. The van der Waals surface area contributed by atoms with E-state index in [9.17, 15) is 4.39 Å². The second kappa shape index (κ2) is 6.03. The van der Waals surface area contributed by atoms with Gasteiger partial charge in [0.25, 0.3) is 0 Å². The van der Waals surface area contributed by atoms with Gasteiger partial charge in [0.05, 0.1) is 0 Å². The van der Waals surface area contributed by atoms with Gasteiger partial charge in [-0.05, 0) is 43.2 Å². The van der Waals surface area contributed by atoms with Gasteiger partial charge in [-0.15, -0.1) is 0 Å². The number of hydrogen-bond acceptors (Lipinski definition) is 2. The fourth-order valence-electron chi connectivity index (χ4n) is 1.72. The zero-order chi connectivity index (χ0) is 13.0. The standard InChI is InChI=1S/C15H16FNS/c1-11(17)10-12-6-8-13(9-7-12)18-15-5-3-2-4-14(15)16/h2-9,11H,10,17H2,1H3. The molecular weight excluding hydrogens is 245 g/mol. The molecule has 94 valence electrons. The van der Waals surface area contributed by atoms with Crippen LogP contribution in [-0.2, 0) is 6.42 Å². The van der Waals surface area contributed by atoms with E-state index in [0.29, 0.717) is 4.90 Å². The number of halogens is 1. The number of benzene rings is 2. The molecule has 0 aliphatic heterocycles. The minimum absolute atomic E-state index is 0.162. The van der Waals surface area contributed by atoms with Gasteiger partial charge in [-0.1, -0.05) is 36.0 Å². The van der Waals surface area contributed by atoms with Gasteiger partial charge in [0.2, 0.25) is 0 Å². The van der Waals surface area contributed by atoms with Crippen LogP contribution in [0.3, 0.4) is 0 Å². The molecule has 2 rings (SSSR count).